The Bertz CT molecular complexity index is 1130. The van der Waals surface area contributed by atoms with Gasteiger partial charge in [0.05, 0.1) is 25.0 Å². The lowest BCUT2D eigenvalue weighted by Gasteiger charge is -2.31. The predicted molar refractivity (Wildman–Crippen MR) is 120 cm³/mol. The zero-order valence-electron chi connectivity index (χ0n) is 18.5. The molecule has 1 fully saturated rings. The Morgan fingerprint density at radius 2 is 1.90 bits per heavy atom. The maximum absolute atomic E-state index is 13.7. The summed E-state index contributed by atoms with van der Waals surface area (Å²) >= 11 is 0. The van der Waals surface area contributed by atoms with E-state index in [-0.39, 0.29) is 29.8 Å². The lowest BCUT2D eigenvalue weighted by molar-refractivity contribution is -0.0184. The summed E-state index contributed by atoms with van der Waals surface area (Å²) in [6.45, 7) is 6.00. The lowest BCUT2D eigenvalue weighted by Crippen LogP contribution is -2.32. The van der Waals surface area contributed by atoms with E-state index in [1.54, 1.807) is 19.4 Å². The second-order valence-corrected chi connectivity index (χ2v) is 8.34. The second-order valence-electron chi connectivity index (χ2n) is 8.34. The van der Waals surface area contributed by atoms with Crippen LogP contribution in [0.1, 0.15) is 51.3 Å². The molecule has 31 heavy (non-hydrogen) atoms. The van der Waals surface area contributed by atoms with E-state index in [1.165, 1.54) is 0 Å². The van der Waals surface area contributed by atoms with Crippen molar-refractivity contribution in [1.82, 2.24) is 19.5 Å². The summed E-state index contributed by atoms with van der Waals surface area (Å²) in [5.74, 6) is 0.675. The Kier molecular flexibility index (Phi) is 5.91. The summed E-state index contributed by atoms with van der Waals surface area (Å²) in [7, 11) is 1.56. The fourth-order valence-electron chi connectivity index (χ4n) is 4.40. The highest BCUT2D eigenvalue weighted by Gasteiger charge is 2.27. The molecule has 3 heterocycles. The molecular formula is C23H29N5O3. The number of aromatic nitrogens is 4. The molecule has 0 bridgehead atoms. The molecule has 0 atom stereocenters. The third-order valence-electron chi connectivity index (χ3n) is 5.83. The number of aryl methyl sites for hydroxylation is 1. The minimum Gasteiger partial charge on any atom is -0.481 e. The first kappa shape index (κ1) is 21.2. The van der Waals surface area contributed by atoms with E-state index in [4.69, 9.17) is 15.2 Å². The van der Waals surface area contributed by atoms with Gasteiger partial charge in [-0.2, -0.15) is 4.98 Å². The molecule has 3 aromatic rings. The average Bonchev–Trinajstić information content (AvgIpc) is 2.74. The topological polar surface area (TPSA) is 105 Å². The van der Waals surface area contributed by atoms with Crippen molar-refractivity contribution < 1.29 is 9.47 Å². The van der Waals surface area contributed by atoms with Gasteiger partial charge in [-0.05, 0) is 58.6 Å². The number of methoxy groups -OCH3 is 1. The Hall–Kier alpha value is -3.00. The molecule has 0 amide bonds. The average molecular weight is 424 g/mol. The third kappa shape index (κ3) is 4.25. The van der Waals surface area contributed by atoms with Crippen LogP contribution in [0.2, 0.25) is 0 Å². The molecule has 1 saturated carbocycles. The van der Waals surface area contributed by atoms with Crippen LogP contribution in [0.4, 0.5) is 5.95 Å². The highest BCUT2D eigenvalue weighted by Crippen LogP contribution is 2.33. The number of nitrogens with zero attached hydrogens (tertiary/aromatic N) is 4. The van der Waals surface area contributed by atoms with Gasteiger partial charge in [0.1, 0.15) is 5.65 Å². The van der Waals surface area contributed by atoms with Crippen molar-refractivity contribution in [2.24, 2.45) is 0 Å². The molecule has 1 aliphatic carbocycles. The van der Waals surface area contributed by atoms with Gasteiger partial charge in [-0.3, -0.25) is 9.36 Å². The Morgan fingerprint density at radius 1 is 1.16 bits per heavy atom. The van der Waals surface area contributed by atoms with Gasteiger partial charge >= 0.3 is 0 Å². The van der Waals surface area contributed by atoms with E-state index in [0.717, 1.165) is 42.3 Å². The van der Waals surface area contributed by atoms with E-state index in [9.17, 15) is 4.79 Å². The molecule has 4 rings (SSSR count). The minimum atomic E-state index is -0.0924. The van der Waals surface area contributed by atoms with Crippen molar-refractivity contribution in [3.8, 4) is 17.0 Å². The Labute approximate surface area is 181 Å². The van der Waals surface area contributed by atoms with Crippen LogP contribution in [0.25, 0.3) is 22.2 Å². The first-order valence-electron chi connectivity index (χ1n) is 10.7. The van der Waals surface area contributed by atoms with Gasteiger partial charge in [0, 0.05) is 34.8 Å². The molecule has 2 N–H and O–H groups in total. The van der Waals surface area contributed by atoms with Crippen LogP contribution in [0, 0.1) is 6.92 Å². The summed E-state index contributed by atoms with van der Waals surface area (Å²) in [6.07, 6.45) is 5.60. The molecule has 0 unspecified atom stereocenters. The van der Waals surface area contributed by atoms with E-state index in [0.29, 0.717) is 17.1 Å². The standard InChI is InChI=1S/C23H29N5O3/c1-13(2)31-17-8-6-16(7-9-17)28-21-18(14(3)26-23(24)27-21)11-19(22(28)29)15-5-10-20(30-4)25-12-15/h5,10-13,16-17H,6-9H2,1-4H3,(H2,24,26,27). The zero-order valence-corrected chi connectivity index (χ0v) is 18.5. The summed E-state index contributed by atoms with van der Waals surface area (Å²) in [5, 5.41) is 0.820. The summed E-state index contributed by atoms with van der Waals surface area (Å²) in [4.78, 5) is 26.7. The van der Waals surface area contributed by atoms with Crippen molar-refractivity contribution >= 4 is 17.0 Å². The van der Waals surface area contributed by atoms with Gasteiger partial charge in [-0.15, -0.1) is 0 Å². The number of fused-ring (bicyclic) bond motifs is 1. The smallest absolute Gasteiger partial charge is 0.260 e. The highest BCUT2D eigenvalue weighted by atomic mass is 16.5. The predicted octanol–water partition coefficient (Wildman–Crippen LogP) is 3.66. The van der Waals surface area contributed by atoms with Crippen LogP contribution in [0.15, 0.2) is 29.2 Å². The number of anilines is 1. The number of ether oxygens (including phenoxy) is 2. The molecule has 0 aromatic carbocycles. The Balaban J connectivity index is 1.83. The van der Waals surface area contributed by atoms with Gasteiger partial charge in [0.2, 0.25) is 11.8 Å². The molecule has 8 heteroatoms. The molecular weight excluding hydrogens is 394 g/mol. The van der Waals surface area contributed by atoms with Crippen LogP contribution >= 0.6 is 0 Å². The van der Waals surface area contributed by atoms with Crippen molar-refractivity contribution in [2.45, 2.75) is 64.7 Å². The van der Waals surface area contributed by atoms with Crippen LogP contribution < -0.4 is 16.0 Å². The van der Waals surface area contributed by atoms with Crippen molar-refractivity contribution in [3.63, 3.8) is 0 Å². The SMILES string of the molecule is COc1ccc(-c2cc3c(C)nc(N)nc3n(C3CCC(OC(C)C)CC3)c2=O)cn1. The number of nitrogens with two attached hydrogens (primary N) is 1. The molecule has 0 saturated heterocycles. The van der Waals surface area contributed by atoms with Gasteiger partial charge in [0.25, 0.3) is 5.56 Å². The lowest BCUT2D eigenvalue weighted by atomic mass is 9.92. The maximum Gasteiger partial charge on any atom is 0.260 e. The maximum atomic E-state index is 13.7. The molecule has 0 radical (unpaired) electrons. The van der Waals surface area contributed by atoms with E-state index >= 15 is 0 Å². The first-order valence-corrected chi connectivity index (χ1v) is 10.7. The summed E-state index contributed by atoms with van der Waals surface area (Å²) in [6, 6.07) is 5.48. The van der Waals surface area contributed by atoms with Crippen LogP contribution in [-0.4, -0.2) is 38.8 Å². The molecule has 164 valence electrons. The van der Waals surface area contributed by atoms with Gasteiger partial charge in [0.15, 0.2) is 0 Å². The normalized spacial score (nSPS) is 19.1. The van der Waals surface area contributed by atoms with E-state index in [1.807, 2.05) is 23.6 Å². The Morgan fingerprint density at radius 3 is 2.52 bits per heavy atom. The van der Waals surface area contributed by atoms with Gasteiger partial charge in [-0.1, -0.05) is 0 Å². The van der Waals surface area contributed by atoms with E-state index < -0.39 is 0 Å². The molecule has 8 nitrogen and oxygen atoms in total. The molecule has 0 spiro atoms. The van der Waals surface area contributed by atoms with Crippen molar-refractivity contribution in [3.05, 3.63) is 40.4 Å². The summed E-state index contributed by atoms with van der Waals surface area (Å²) in [5.41, 5.74) is 8.49. The number of nitrogen functional groups attached to an aromatic ring is 1. The summed E-state index contributed by atoms with van der Waals surface area (Å²) < 4.78 is 13.0. The molecule has 0 aliphatic heterocycles. The first-order chi connectivity index (χ1) is 14.9. The third-order valence-corrected chi connectivity index (χ3v) is 5.83. The fraction of sp³-hybridized carbons (Fsp3) is 0.478. The van der Waals surface area contributed by atoms with Crippen LogP contribution in [-0.2, 0) is 4.74 Å². The molecule has 1 aliphatic rings. The second kappa shape index (κ2) is 8.63. The number of hydrogen-bond donors (Lipinski definition) is 1. The number of pyridine rings is 2. The van der Waals surface area contributed by atoms with E-state index in [2.05, 4.69) is 28.8 Å². The highest BCUT2D eigenvalue weighted by molar-refractivity contribution is 5.84. The largest absolute Gasteiger partial charge is 0.481 e. The number of hydrogen-bond acceptors (Lipinski definition) is 7. The quantitative estimate of drug-likeness (QED) is 0.667. The van der Waals surface area contributed by atoms with Crippen LogP contribution in [0.5, 0.6) is 5.88 Å². The van der Waals surface area contributed by atoms with Gasteiger partial charge in [-0.25, -0.2) is 9.97 Å². The minimum absolute atomic E-state index is 0.0295. The van der Waals surface area contributed by atoms with Crippen LogP contribution in [0.3, 0.4) is 0 Å². The number of rotatable bonds is 5. The zero-order chi connectivity index (χ0) is 22.1. The monoisotopic (exact) mass is 423 g/mol. The molecule has 3 aromatic heterocycles. The van der Waals surface area contributed by atoms with Crippen molar-refractivity contribution in [1.29, 1.82) is 0 Å². The van der Waals surface area contributed by atoms with Crippen molar-refractivity contribution in [2.75, 3.05) is 12.8 Å². The fourth-order valence-corrected chi connectivity index (χ4v) is 4.40. The van der Waals surface area contributed by atoms with Gasteiger partial charge < -0.3 is 15.2 Å².